The third-order valence-electron chi connectivity index (χ3n) is 4.43. The molecule has 26 heavy (non-hydrogen) atoms. The zero-order valence-electron chi connectivity index (χ0n) is 15.3. The Morgan fingerprint density at radius 1 is 0.962 bits per heavy atom. The van der Waals surface area contributed by atoms with E-state index in [1.165, 1.54) is 28.4 Å². The minimum absolute atomic E-state index is 0.375. The number of methoxy groups -OCH3 is 4. The van der Waals surface area contributed by atoms with Gasteiger partial charge in [0, 0.05) is 13.1 Å². The summed E-state index contributed by atoms with van der Waals surface area (Å²) in [5.41, 5.74) is 1.06. The van der Waals surface area contributed by atoms with E-state index in [1.54, 1.807) is 6.08 Å². The molecule has 1 unspecified atom stereocenters. The summed E-state index contributed by atoms with van der Waals surface area (Å²) in [6.07, 6.45) is 1.23. The van der Waals surface area contributed by atoms with E-state index in [-0.39, 0.29) is 0 Å². The van der Waals surface area contributed by atoms with Crippen LogP contribution in [0.5, 0.6) is 28.7 Å². The molecule has 3 rings (SSSR count). The Bertz CT molecular complexity index is 749. The molecule has 0 amide bonds. The molecule has 1 saturated heterocycles. The molecule has 2 heterocycles. The number of nitrogens with zero attached hydrogens (tertiary/aromatic N) is 2. The van der Waals surface area contributed by atoms with Gasteiger partial charge < -0.3 is 28.4 Å². The van der Waals surface area contributed by atoms with E-state index in [1.807, 2.05) is 0 Å². The van der Waals surface area contributed by atoms with Crippen LogP contribution in [0.3, 0.4) is 0 Å². The molecule has 0 aromatic heterocycles. The zero-order chi connectivity index (χ0) is 18.7. The van der Waals surface area contributed by atoms with E-state index >= 15 is 0 Å². The van der Waals surface area contributed by atoms with Crippen LogP contribution < -0.4 is 23.7 Å². The lowest BCUT2D eigenvalue weighted by atomic mass is 10.0. The summed E-state index contributed by atoms with van der Waals surface area (Å²) in [5, 5.41) is 9.65. The number of rotatable bonds is 5. The molecule has 0 radical (unpaired) electrons. The number of hydrogen-bond acceptors (Lipinski definition) is 8. The molecule has 1 aromatic carbocycles. The molecular weight excluding hydrogens is 340 g/mol. The number of nitriles is 1. The van der Waals surface area contributed by atoms with E-state index in [4.69, 9.17) is 28.4 Å². The number of fused-ring (bicyclic) bond motifs is 1. The zero-order valence-corrected chi connectivity index (χ0v) is 15.3. The maximum atomic E-state index is 9.65. The fourth-order valence-corrected chi connectivity index (χ4v) is 3.24. The Morgan fingerprint density at radius 2 is 1.54 bits per heavy atom. The van der Waals surface area contributed by atoms with Gasteiger partial charge in [0.15, 0.2) is 17.7 Å². The van der Waals surface area contributed by atoms with Crippen molar-refractivity contribution in [2.24, 2.45) is 0 Å². The highest BCUT2D eigenvalue weighted by Gasteiger charge is 2.36. The molecule has 0 aliphatic carbocycles. The molecule has 1 fully saturated rings. The molecule has 140 valence electrons. The predicted octanol–water partition coefficient (Wildman–Crippen LogP) is 1.68. The Kier molecular flexibility index (Phi) is 5.40. The monoisotopic (exact) mass is 362 g/mol. The van der Waals surface area contributed by atoms with Crippen LogP contribution in [0.15, 0.2) is 5.57 Å². The summed E-state index contributed by atoms with van der Waals surface area (Å²) >= 11 is 0. The van der Waals surface area contributed by atoms with Crippen molar-refractivity contribution < 1.29 is 28.4 Å². The summed E-state index contributed by atoms with van der Waals surface area (Å²) < 4.78 is 33.6. The quantitative estimate of drug-likeness (QED) is 0.782. The summed E-state index contributed by atoms with van der Waals surface area (Å²) in [5.74, 6) is 2.03. The van der Waals surface area contributed by atoms with Crippen LogP contribution in [-0.4, -0.2) is 65.9 Å². The van der Waals surface area contributed by atoms with E-state index in [2.05, 4.69) is 11.0 Å². The first kappa shape index (κ1) is 18.2. The Labute approximate surface area is 152 Å². The highest BCUT2D eigenvalue weighted by atomic mass is 16.6. The van der Waals surface area contributed by atoms with Gasteiger partial charge in [-0.15, -0.1) is 0 Å². The summed E-state index contributed by atoms with van der Waals surface area (Å²) in [6, 6.07) is 2.23. The van der Waals surface area contributed by atoms with Crippen molar-refractivity contribution in [2.45, 2.75) is 6.23 Å². The van der Waals surface area contributed by atoms with E-state index in [0.29, 0.717) is 66.2 Å². The van der Waals surface area contributed by atoms with Crippen molar-refractivity contribution in [3.8, 4) is 34.8 Å². The Balaban J connectivity index is 2.18. The lowest BCUT2D eigenvalue weighted by Crippen LogP contribution is -2.47. The standard InChI is InChI=1S/C18H22N2O6/c1-21-13-12-9-11(10-19)18(20-5-7-25-8-6-20)26-14(12)16(23-3)17(24-4)15(13)22-2/h9,18H,5-8H2,1-4H3. The number of benzene rings is 1. The average Bonchev–Trinajstić information content (AvgIpc) is 2.71. The van der Waals surface area contributed by atoms with E-state index in [0.717, 1.165) is 0 Å². The van der Waals surface area contributed by atoms with Crippen LogP contribution in [0.2, 0.25) is 0 Å². The van der Waals surface area contributed by atoms with Gasteiger partial charge in [-0.25, -0.2) is 0 Å². The number of ether oxygens (including phenoxy) is 6. The van der Waals surface area contributed by atoms with E-state index < -0.39 is 6.23 Å². The smallest absolute Gasteiger partial charge is 0.211 e. The third kappa shape index (κ3) is 2.89. The SMILES string of the molecule is COc1c2c(c(OC)c(OC)c1OC)OC(N1CCOCC1)C(C#N)=C2. The molecule has 0 bridgehead atoms. The second-order valence-corrected chi connectivity index (χ2v) is 5.71. The lowest BCUT2D eigenvalue weighted by molar-refractivity contribution is -0.0298. The average molecular weight is 362 g/mol. The first-order chi connectivity index (χ1) is 12.7. The molecule has 8 heteroatoms. The van der Waals surface area contributed by atoms with Gasteiger partial charge in [0.05, 0.1) is 52.8 Å². The minimum atomic E-state index is -0.520. The molecular formula is C18H22N2O6. The second kappa shape index (κ2) is 7.72. The lowest BCUT2D eigenvalue weighted by Gasteiger charge is -2.37. The fourth-order valence-electron chi connectivity index (χ4n) is 3.24. The van der Waals surface area contributed by atoms with Crippen LogP contribution in [0.4, 0.5) is 0 Å². The molecule has 0 N–H and O–H groups in total. The van der Waals surface area contributed by atoms with Crippen molar-refractivity contribution in [3.05, 3.63) is 11.1 Å². The second-order valence-electron chi connectivity index (χ2n) is 5.71. The maximum absolute atomic E-state index is 9.65. The van der Waals surface area contributed by atoms with Crippen LogP contribution in [-0.2, 0) is 4.74 Å². The molecule has 2 aliphatic rings. The van der Waals surface area contributed by atoms with Gasteiger partial charge in [-0.3, -0.25) is 4.90 Å². The molecule has 1 atom stereocenters. The highest BCUT2D eigenvalue weighted by Crippen LogP contribution is 2.55. The molecule has 2 aliphatic heterocycles. The topological polar surface area (TPSA) is 82.4 Å². The van der Waals surface area contributed by atoms with Crippen LogP contribution in [0, 0.1) is 11.3 Å². The molecule has 1 aromatic rings. The van der Waals surface area contributed by atoms with Crippen molar-refractivity contribution in [1.29, 1.82) is 5.26 Å². The van der Waals surface area contributed by atoms with Gasteiger partial charge in [0.1, 0.15) is 6.07 Å². The van der Waals surface area contributed by atoms with Crippen molar-refractivity contribution in [3.63, 3.8) is 0 Å². The van der Waals surface area contributed by atoms with Gasteiger partial charge in [-0.2, -0.15) is 5.26 Å². The van der Waals surface area contributed by atoms with Crippen LogP contribution >= 0.6 is 0 Å². The van der Waals surface area contributed by atoms with Crippen molar-refractivity contribution in [2.75, 3.05) is 54.7 Å². The molecule has 0 saturated carbocycles. The predicted molar refractivity (Wildman–Crippen MR) is 93.0 cm³/mol. The van der Waals surface area contributed by atoms with Gasteiger partial charge >= 0.3 is 0 Å². The summed E-state index contributed by atoms with van der Waals surface area (Å²) in [4.78, 5) is 2.06. The fraction of sp³-hybridized carbons (Fsp3) is 0.500. The van der Waals surface area contributed by atoms with Gasteiger partial charge in [-0.05, 0) is 6.08 Å². The summed E-state index contributed by atoms with van der Waals surface area (Å²) in [7, 11) is 6.09. The summed E-state index contributed by atoms with van der Waals surface area (Å²) in [6.45, 7) is 2.53. The Hall–Kier alpha value is -2.63. The largest absolute Gasteiger partial charge is 0.492 e. The third-order valence-corrected chi connectivity index (χ3v) is 4.43. The van der Waals surface area contributed by atoms with E-state index in [9.17, 15) is 5.26 Å². The van der Waals surface area contributed by atoms with Gasteiger partial charge in [-0.1, -0.05) is 0 Å². The van der Waals surface area contributed by atoms with Crippen LogP contribution in [0.25, 0.3) is 6.08 Å². The highest BCUT2D eigenvalue weighted by molar-refractivity contribution is 5.81. The number of hydrogen-bond donors (Lipinski definition) is 0. The first-order valence-electron chi connectivity index (χ1n) is 8.20. The number of morpholine rings is 1. The van der Waals surface area contributed by atoms with Gasteiger partial charge in [0.2, 0.25) is 17.2 Å². The van der Waals surface area contributed by atoms with Crippen molar-refractivity contribution >= 4 is 6.08 Å². The molecule has 0 spiro atoms. The van der Waals surface area contributed by atoms with Crippen LogP contribution in [0.1, 0.15) is 5.56 Å². The first-order valence-corrected chi connectivity index (χ1v) is 8.20. The molecule has 8 nitrogen and oxygen atoms in total. The maximum Gasteiger partial charge on any atom is 0.211 e. The normalized spacial score (nSPS) is 19.5. The minimum Gasteiger partial charge on any atom is -0.492 e. The van der Waals surface area contributed by atoms with Gasteiger partial charge in [0.25, 0.3) is 0 Å². The Morgan fingerprint density at radius 3 is 2.08 bits per heavy atom. The van der Waals surface area contributed by atoms with Crippen molar-refractivity contribution in [1.82, 2.24) is 4.90 Å².